The van der Waals surface area contributed by atoms with Crippen molar-refractivity contribution in [3.05, 3.63) is 24.3 Å². The highest BCUT2D eigenvalue weighted by Crippen LogP contribution is 2.30. The molecule has 5 nitrogen and oxygen atoms in total. The van der Waals surface area contributed by atoms with E-state index >= 15 is 0 Å². The molecule has 0 radical (unpaired) electrons. The van der Waals surface area contributed by atoms with Crippen LogP contribution in [0.25, 0.3) is 0 Å². The largest absolute Gasteiger partial charge is 0.326 e. The van der Waals surface area contributed by atoms with Crippen LogP contribution < -0.4 is 16.0 Å². The molecule has 2 atom stereocenters. The third kappa shape index (κ3) is 3.42. The Labute approximate surface area is 124 Å². The molecule has 1 aliphatic carbocycles. The first-order chi connectivity index (χ1) is 10.1. The molecule has 1 aromatic rings. The molecule has 3 rings (SSSR count). The van der Waals surface area contributed by atoms with Crippen molar-refractivity contribution < 1.29 is 9.59 Å². The molecule has 1 saturated carbocycles. The van der Waals surface area contributed by atoms with E-state index in [4.69, 9.17) is 0 Å². The summed E-state index contributed by atoms with van der Waals surface area (Å²) < 4.78 is 0. The molecule has 112 valence electrons. The van der Waals surface area contributed by atoms with Crippen LogP contribution in [-0.4, -0.2) is 24.4 Å². The van der Waals surface area contributed by atoms with E-state index in [-0.39, 0.29) is 23.8 Å². The Morgan fingerprint density at radius 1 is 1.10 bits per heavy atom. The number of hydrogen-bond acceptors (Lipinski definition) is 3. The summed E-state index contributed by atoms with van der Waals surface area (Å²) in [5.41, 5.74) is 1.45. The van der Waals surface area contributed by atoms with Crippen LogP contribution in [0.4, 0.5) is 11.4 Å². The number of carbonyl (C=O) groups excluding carboxylic acids is 2. The molecule has 0 aromatic heterocycles. The minimum absolute atomic E-state index is 0.00864. The van der Waals surface area contributed by atoms with Gasteiger partial charge >= 0.3 is 0 Å². The summed E-state index contributed by atoms with van der Waals surface area (Å²) in [6.07, 6.45) is 2.98. The first-order valence-corrected chi connectivity index (χ1v) is 7.58. The summed E-state index contributed by atoms with van der Waals surface area (Å²) in [5, 5.41) is 9.02. The van der Waals surface area contributed by atoms with Crippen LogP contribution >= 0.6 is 0 Å². The third-order valence-corrected chi connectivity index (χ3v) is 4.16. The van der Waals surface area contributed by atoms with Crippen molar-refractivity contribution >= 4 is 23.2 Å². The van der Waals surface area contributed by atoms with E-state index in [1.54, 1.807) is 6.07 Å². The van der Waals surface area contributed by atoms with Crippen molar-refractivity contribution in [2.75, 3.05) is 17.2 Å². The Morgan fingerprint density at radius 3 is 2.33 bits per heavy atom. The average molecular weight is 287 g/mol. The van der Waals surface area contributed by atoms with Gasteiger partial charge in [0, 0.05) is 17.3 Å². The molecule has 2 aliphatic rings. The fraction of sp³-hybridized carbons (Fsp3) is 0.500. The van der Waals surface area contributed by atoms with E-state index in [1.807, 2.05) is 18.2 Å². The lowest BCUT2D eigenvalue weighted by atomic mass is 10.0. The second-order valence-electron chi connectivity index (χ2n) is 6.03. The zero-order chi connectivity index (χ0) is 14.8. The van der Waals surface area contributed by atoms with Crippen molar-refractivity contribution in [2.24, 2.45) is 11.8 Å². The van der Waals surface area contributed by atoms with Crippen LogP contribution in [0.2, 0.25) is 0 Å². The standard InChI is InChI=1S/C16H21N3O2/c1-10-7-8-17-14(10)16(21)19-13-4-2-3-12(9-13)18-15(20)11-5-6-11/h2-4,9-11,14,17H,5-8H2,1H3,(H,18,20)(H,19,21). The van der Waals surface area contributed by atoms with Gasteiger partial charge in [0.15, 0.2) is 0 Å². The summed E-state index contributed by atoms with van der Waals surface area (Å²) in [4.78, 5) is 24.0. The number of amides is 2. The van der Waals surface area contributed by atoms with Crippen LogP contribution in [0, 0.1) is 11.8 Å². The molecule has 21 heavy (non-hydrogen) atoms. The highest BCUT2D eigenvalue weighted by Gasteiger charge is 2.30. The summed E-state index contributed by atoms with van der Waals surface area (Å²) in [7, 11) is 0. The lowest BCUT2D eigenvalue weighted by Crippen LogP contribution is -2.39. The third-order valence-electron chi connectivity index (χ3n) is 4.16. The van der Waals surface area contributed by atoms with E-state index in [1.165, 1.54) is 0 Å². The number of hydrogen-bond donors (Lipinski definition) is 3. The van der Waals surface area contributed by atoms with Crippen LogP contribution in [0.5, 0.6) is 0 Å². The van der Waals surface area contributed by atoms with Gasteiger partial charge in [0.05, 0.1) is 6.04 Å². The molecule has 1 heterocycles. The summed E-state index contributed by atoms with van der Waals surface area (Å²) in [6.45, 7) is 2.97. The van der Waals surface area contributed by atoms with Crippen molar-refractivity contribution in [1.82, 2.24) is 5.32 Å². The smallest absolute Gasteiger partial charge is 0.241 e. The Balaban J connectivity index is 1.62. The van der Waals surface area contributed by atoms with Gasteiger partial charge < -0.3 is 16.0 Å². The minimum Gasteiger partial charge on any atom is -0.326 e. The van der Waals surface area contributed by atoms with Crippen LogP contribution in [0.3, 0.4) is 0 Å². The van der Waals surface area contributed by atoms with E-state index < -0.39 is 0 Å². The molecular weight excluding hydrogens is 266 g/mol. The van der Waals surface area contributed by atoms with Crippen LogP contribution in [0.1, 0.15) is 26.2 Å². The van der Waals surface area contributed by atoms with Crippen LogP contribution in [0.15, 0.2) is 24.3 Å². The average Bonchev–Trinajstić information content (AvgIpc) is 3.21. The Kier molecular flexibility index (Phi) is 3.92. The fourth-order valence-corrected chi connectivity index (χ4v) is 2.67. The fourth-order valence-electron chi connectivity index (χ4n) is 2.67. The normalized spacial score (nSPS) is 24.6. The topological polar surface area (TPSA) is 70.2 Å². The lowest BCUT2D eigenvalue weighted by molar-refractivity contribution is -0.118. The highest BCUT2D eigenvalue weighted by atomic mass is 16.2. The lowest BCUT2D eigenvalue weighted by Gasteiger charge is -2.16. The number of nitrogens with one attached hydrogen (secondary N) is 3. The zero-order valence-corrected chi connectivity index (χ0v) is 12.2. The number of rotatable bonds is 4. The SMILES string of the molecule is CC1CCNC1C(=O)Nc1cccc(NC(=O)C2CC2)c1. The molecule has 1 aromatic carbocycles. The second-order valence-corrected chi connectivity index (χ2v) is 6.03. The highest BCUT2D eigenvalue weighted by molar-refractivity contribution is 5.97. The minimum atomic E-state index is -0.130. The van der Waals surface area contributed by atoms with E-state index in [9.17, 15) is 9.59 Å². The first kappa shape index (κ1) is 14.1. The Hall–Kier alpha value is -1.88. The maximum Gasteiger partial charge on any atom is 0.241 e. The van der Waals surface area contributed by atoms with Gasteiger partial charge in [-0.2, -0.15) is 0 Å². The van der Waals surface area contributed by atoms with Crippen molar-refractivity contribution in [1.29, 1.82) is 0 Å². The van der Waals surface area contributed by atoms with Gasteiger partial charge in [0.1, 0.15) is 0 Å². The molecule has 5 heteroatoms. The predicted molar refractivity (Wildman–Crippen MR) is 82.0 cm³/mol. The molecule has 0 spiro atoms. The predicted octanol–water partition coefficient (Wildman–Crippen LogP) is 1.97. The van der Waals surface area contributed by atoms with Crippen LogP contribution in [-0.2, 0) is 9.59 Å². The summed E-state index contributed by atoms with van der Waals surface area (Å²) in [6, 6.07) is 7.19. The summed E-state index contributed by atoms with van der Waals surface area (Å²) >= 11 is 0. The molecule has 2 unspecified atom stereocenters. The first-order valence-electron chi connectivity index (χ1n) is 7.58. The van der Waals surface area contributed by atoms with Gasteiger partial charge in [-0.15, -0.1) is 0 Å². The molecule has 0 bridgehead atoms. The quantitative estimate of drug-likeness (QED) is 0.793. The molecule has 2 fully saturated rings. The number of carbonyl (C=O) groups is 2. The van der Waals surface area contributed by atoms with Gasteiger partial charge in [-0.3, -0.25) is 9.59 Å². The van der Waals surface area contributed by atoms with E-state index in [2.05, 4.69) is 22.9 Å². The zero-order valence-electron chi connectivity index (χ0n) is 12.2. The molecule has 3 N–H and O–H groups in total. The van der Waals surface area contributed by atoms with E-state index in [0.717, 1.165) is 37.2 Å². The van der Waals surface area contributed by atoms with Gasteiger partial charge in [-0.25, -0.2) is 0 Å². The Bertz CT molecular complexity index is 554. The molecule has 2 amide bonds. The number of anilines is 2. The van der Waals surface area contributed by atoms with E-state index in [0.29, 0.717) is 5.92 Å². The van der Waals surface area contributed by atoms with Crippen molar-refractivity contribution in [3.63, 3.8) is 0 Å². The van der Waals surface area contributed by atoms with Gasteiger partial charge in [0.25, 0.3) is 0 Å². The molecule has 1 aliphatic heterocycles. The molecular formula is C16H21N3O2. The van der Waals surface area contributed by atoms with Gasteiger partial charge in [0.2, 0.25) is 11.8 Å². The van der Waals surface area contributed by atoms with Crippen molar-refractivity contribution in [2.45, 2.75) is 32.2 Å². The maximum absolute atomic E-state index is 12.2. The second kappa shape index (κ2) is 5.85. The Morgan fingerprint density at radius 2 is 1.76 bits per heavy atom. The molecule has 1 saturated heterocycles. The maximum atomic E-state index is 12.2. The van der Waals surface area contributed by atoms with Gasteiger partial charge in [-0.1, -0.05) is 13.0 Å². The summed E-state index contributed by atoms with van der Waals surface area (Å²) in [5.74, 6) is 0.588. The van der Waals surface area contributed by atoms with Gasteiger partial charge in [-0.05, 0) is 49.9 Å². The van der Waals surface area contributed by atoms with Crippen molar-refractivity contribution in [3.8, 4) is 0 Å². The monoisotopic (exact) mass is 287 g/mol. The number of benzene rings is 1.